The summed E-state index contributed by atoms with van der Waals surface area (Å²) in [5.74, 6) is 1.29. The zero-order valence-electron chi connectivity index (χ0n) is 10.4. The SMILES string of the molecule is CC1CCN(c2ccc(CBr)cc2F)CC1C. The van der Waals surface area contributed by atoms with Crippen molar-refractivity contribution in [3.05, 3.63) is 29.6 Å². The van der Waals surface area contributed by atoms with Gasteiger partial charge in [0.15, 0.2) is 0 Å². The first-order valence-corrected chi connectivity index (χ1v) is 7.33. The number of alkyl halides is 1. The second kappa shape index (κ2) is 5.38. The molecule has 3 heteroatoms. The Morgan fingerprint density at radius 2 is 2.12 bits per heavy atom. The third-order valence-corrected chi connectivity index (χ3v) is 4.49. The summed E-state index contributed by atoms with van der Waals surface area (Å²) < 4.78 is 14.0. The normalized spacial score (nSPS) is 25.1. The summed E-state index contributed by atoms with van der Waals surface area (Å²) in [5.41, 5.74) is 1.75. The first-order valence-electron chi connectivity index (χ1n) is 6.21. The highest BCUT2D eigenvalue weighted by Gasteiger charge is 2.24. The fourth-order valence-corrected chi connectivity index (χ4v) is 2.72. The highest BCUT2D eigenvalue weighted by atomic mass is 79.9. The van der Waals surface area contributed by atoms with Crippen LogP contribution in [0.25, 0.3) is 0 Å². The maximum absolute atomic E-state index is 14.0. The van der Waals surface area contributed by atoms with Gasteiger partial charge in [0.05, 0.1) is 5.69 Å². The molecule has 94 valence electrons. The average Bonchev–Trinajstić information content (AvgIpc) is 2.32. The summed E-state index contributed by atoms with van der Waals surface area (Å²) in [7, 11) is 0. The van der Waals surface area contributed by atoms with Crippen molar-refractivity contribution in [2.75, 3.05) is 18.0 Å². The van der Waals surface area contributed by atoms with Crippen LogP contribution in [0.1, 0.15) is 25.8 Å². The van der Waals surface area contributed by atoms with Gasteiger partial charge in [-0.05, 0) is 36.0 Å². The van der Waals surface area contributed by atoms with E-state index in [9.17, 15) is 4.39 Å². The van der Waals surface area contributed by atoms with E-state index in [0.717, 1.165) is 36.7 Å². The van der Waals surface area contributed by atoms with Gasteiger partial charge in [0, 0.05) is 18.4 Å². The second-order valence-electron chi connectivity index (χ2n) is 5.11. The maximum atomic E-state index is 14.0. The highest BCUT2D eigenvalue weighted by molar-refractivity contribution is 9.08. The highest BCUT2D eigenvalue weighted by Crippen LogP contribution is 2.29. The molecule has 1 aliphatic heterocycles. The van der Waals surface area contributed by atoms with Crippen LogP contribution in [0.4, 0.5) is 10.1 Å². The molecule has 2 rings (SSSR count). The third kappa shape index (κ3) is 2.82. The van der Waals surface area contributed by atoms with Crippen LogP contribution in [0, 0.1) is 17.7 Å². The number of anilines is 1. The molecular weight excluding hydrogens is 281 g/mol. The largest absolute Gasteiger partial charge is 0.369 e. The summed E-state index contributed by atoms with van der Waals surface area (Å²) >= 11 is 3.35. The van der Waals surface area contributed by atoms with Gasteiger partial charge in [-0.3, -0.25) is 0 Å². The van der Waals surface area contributed by atoms with Crippen LogP contribution in [0.5, 0.6) is 0 Å². The maximum Gasteiger partial charge on any atom is 0.146 e. The van der Waals surface area contributed by atoms with Crippen molar-refractivity contribution < 1.29 is 4.39 Å². The standard InChI is InChI=1S/C14H19BrFN/c1-10-5-6-17(9-11(10)2)14-4-3-12(8-15)7-13(14)16/h3-4,7,10-11H,5-6,8-9H2,1-2H3. The van der Waals surface area contributed by atoms with Crippen molar-refractivity contribution in [1.82, 2.24) is 0 Å². The topological polar surface area (TPSA) is 3.24 Å². The molecule has 2 unspecified atom stereocenters. The molecule has 2 atom stereocenters. The monoisotopic (exact) mass is 299 g/mol. The molecule has 1 heterocycles. The van der Waals surface area contributed by atoms with E-state index in [4.69, 9.17) is 0 Å². The number of halogens is 2. The van der Waals surface area contributed by atoms with E-state index in [-0.39, 0.29) is 5.82 Å². The van der Waals surface area contributed by atoms with Gasteiger partial charge in [0.2, 0.25) is 0 Å². The first-order chi connectivity index (χ1) is 8.11. The molecule has 0 radical (unpaired) electrons. The van der Waals surface area contributed by atoms with Gasteiger partial charge in [0.25, 0.3) is 0 Å². The minimum Gasteiger partial charge on any atom is -0.369 e. The molecule has 1 nitrogen and oxygen atoms in total. The number of nitrogens with zero attached hydrogens (tertiary/aromatic N) is 1. The summed E-state index contributed by atoms with van der Waals surface area (Å²) in [6.45, 7) is 6.47. The van der Waals surface area contributed by atoms with Crippen LogP contribution in [0.2, 0.25) is 0 Å². The molecular formula is C14H19BrFN. The smallest absolute Gasteiger partial charge is 0.146 e. The van der Waals surface area contributed by atoms with Crippen molar-refractivity contribution in [2.24, 2.45) is 11.8 Å². The molecule has 0 bridgehead atoms. The molecule has 0 amide bonds. The molecule has 0 aliphatic carbocycles. The van der Waals surface area contributed by atoms with Gasteiger partial charge in [0.1, 0.15) is 5.82 Å². The Morgan fingerprint density at radius 1 is 1.35 bits per heavy atom. The Balaban J connectivity index is 2.17. The van der Waals surface area contributed by atoms with Crippen LogP contribution in [-0.2, 0) is 5.33 Å². The van der Waals surface area contributed by atoms with Crippen LogP contribution < -0.4 is 4.90 Å². The quantitative estimate of drug-likeness (QED) is 0.740. The van der Waals surface area contributed by atoms with E-state index >= 15 is 0 Å². The fraction of sp³-hybridized carbons (Fsp3) is 0.571. The molecule has 0 N–H and O–H groups in total. The number of rotatable bonds is 2. The lowest BCUT2D eigenvalue weighted by Gasteiger charge is -2.37. The number of benzene rings is 1. The van der Waals surface area contributed by atoms with Gasteiger partial charge in [-0.1, -0.05) is 35.8 Å². The minimum atomic E-state index is -0.0938. The van der Waals surface area contributed by atoms with E-state index in [1.807, 2.05) is 12.1 Å². The van der Waals surface area contributed by atoms with Gasteiger partial charge >= 0.3 is 0 Å². The van der Waals surface area contributed by atoms with Crippen molar-refractivity contribution in [3.8, 4) is 0 Å². The van der Waals surface area contributed by atoms with Crippen LogP contribution in [0.3, 0.4) is 0 Å². The Kier molecular flexibility index (Phi) is 4.08. The van der Waals surface area contributed by atoms with Gasteiger partial charge in [-0.2, -0.15) is 0 Å². The van der Waals surface area contributed by atoms with Crippen molar-refractivity contribution in [1.29, 1.82) is 0 Å². The molecule has 0 aromatic heterocycles. The molecule has 1 aliphatic rings. The Morgan fingerprint density at radius 3 is 2.71 bits per heavy atom. The minimum absolute atomic E-state index is 0.0938. The van der Waals surface area contributed by atoms with Gasteiger partial charge in [-0.15, -0.1) is 0 Å². The van der Waals surface area contributed by atoms with E-state index in [1.165, 1.54) is 0 Å². The van der Waals surface area contributed by atoms with Crippen molar-refractivity contribution in [2.45, 2.75) is 25.6 Å². The van der Waals surface area contributed by atoms with E-state index in [1.54, 1.807) is 6.07 Å². The summed E-state index contributed by atoms with van der Waals surface area (Å²) in [6.07, 6.45) is 1.15. The lowest BCUT2D eigenvalue weighted by molar-refractivity contribution is 0.322. The Labute approximate surface area is 111 Å². The zero-order valence-corrected chi connectivity index (χ0v) is 12.0. The molecule has 1 saturated heterocycles. The Hall–Kier alpha value is -0.570. The molecule has 0 spiro atoms. The molecule has 17 heavy (non-hydrogen) atoms. The summed E-state index contributed by atoms with van der Waals surface area (Å²) in [5, 5.41) is 0.706. The van der Waals surface area contributed by atoms with Crippen molar-refractivity contribution >= 4 is 21.6 Å². The van der Waals surface area contributed by atoms with Crippen molar-refractivity contribution in [3.63, 3.8) is 0 Å². The predicted molar refractivity (Wildman–Crippen MR) is 74.2 cm³/mol. The lowest BCUT2D eigenvalue weighted by Crippen LogP contribution is -2.38. The summed E-state index contributed by atoms with van der Waals surface area (Å²) in [6, 6.07) is 5.54. The molecule has 1 fully saturated rings. The zero-order chi connectivity index (χ0) is 12.4. The van der Waals surface area contributed by atoms with Gasteiger partial charge < -0.3 is 4.90 Å². The average molecular weight is 300 g/mol. The van der Waals surface area contributed by atoms with Crippen LogP contribution in [-0.4, -0.2) is 13.1 Å². The predicted octanol–water partition coefficient (Wildman–Crippen LogP) is 4.20. The van der Waals surface area contributed by atoms with Crippen LogP contribution >= 0.6 is 15.9 Å². The van der Waals surface area contributed by atoms with Gasteiger partial charge in [-0.25, -0.2) is 4.39 Å². The van der Waals surface area contributed by atoms with E-state index < -0.39 is 0 Å². The van der Waals surface area contributed by atoms with E-state index in [0.29, 0.717) is 11.2 Å². The van der Waals surface area contributed by atoms with Crippen LogP contribution in [0.15, 0.2) is 18.2 Å². The molecule has 1 aromatic carbocycles. The molecule has 0 saturated carbocycles. The first kappa shape index (κ1) is 12.9. The summed E-state index contributed by atoms with van der Waals surface area (Å²) in [4.78, 5) is 2.18. The fourth-order valence-electron chi connectivity index (χ4n) is 2.37. The lowest BCUT2D eigenvalue weighted by atomic mass is 9.88. The number of piperidine rings is 1. The Bertz CT molecular complexity index is 394. The van der Waals surface area contributed by atoms with E-state index in [2.05, 4.69) is 34.7 Å². The number of hydrogen-bond acceptors (Lipinski definition) is 1. The second-order valence-corrected chi connectivity index (χ2v) is 5.67. The third-order valence-electron chi connectivity index (χ3n) is 3.84. The molecule has 1 aromatic rings. The number of hydrogen-bond donors (Lipinski definition) is 0.